The second-order valence-electron chi connectivity index (χ2n) is 6.94. The summed E-state index contributed by atoms with van der Waals surface area (Å²) >= 11 is 0. The van der Waals surface area contributed by atoms with Crippen LogP contribution in [0, 0.1) is 13.8 Å². The van der Waals surface area contributed by atoms with Crippen molar-refractivity contribution in [1.29, 1.82) is 0 Å². The van der Waals surface area contributed by atoms with Gasteiger partial charge in [0.05, 0.1) is 5.39 Å². The Kier molecular flexibility index (Phi) is 4.94. The SMILES string of the molecule is CNCC1CCCN1C(=O)CCc1c(C)nc2c(c1C)c(=O)[nH]n2C. The van der Waals surface area contributed by atoms with E-state index in [1.54, 1.807) is 11.7 Å². The van der Waals surface area contributed by atoms with Crippen LogP contribution in [0.3, 0.4) is 0 Å². The summed E-state index contributed by atoms with van der Waals surface area (Å²) in [5.41, 5.74) is 3.39. The first-order chi connectivity index (χ1) is 11.9. The molecule has 0 aromatic carbocycles. The molecule has 2 aromatic rings. The highest BCUT2D eigenvalue weighted by atomic mass is 16.2. The van der Waals surface area contributed by atoms with Crippen LogP contribution in [0.2, 0.25) is 0 Å². The Labute approximate surface area is 147 Å². The fourth-order valence-electron chi connectivity index (χ4n) is 4.00. The van der Waals surface area contributed by atoms with Gasteiger partial charge in [-0.15, -0.1) is 0 Å². The summed E-state index contributed by atoms with van der Waals surface area (Å²) in [5.74, 6) is 0.193. The minimum atomic E-state index is -0.122. The topological polar surface area (TPSA) is 83.0 Å². The van der Waals surface area contributed by atoms with Gasteiger partial charge in [0.15, 0.2) is 5.65 Å². The van der Waals surface area contributed by atoms with Crippen molar-refractivity contribution in [3.63, 3.8) is 0 Å². The van der Waals surface area contributed by atoms with Gasteiger partial charge in [-0.3, -0.25) is 19.4 Å². The molecular weight excluding hydrogens is 318 g/mol. The van der Waals surface area contributed by atoms with Crippen LogP contribution in [0.5, 0.6) is 0 Å². The zero-order valence-corrected chi connectivity index (χ0v) is 15.5. The number of nitrogens with zero attached hydrogens (tertiary/aromatic N) is 3. The number of hydrogen-bond acceptors (Lipinski definition) is 4. The van der Waals surface area contributed by atoms with Gasteiger partial charge < -0.3 is 10.2 Å². The molecule has 1 aliphatic heterocycles. The van der Waals surface area contributed by atoms with E-state index < -0.39 is 0 Å². The number of carbonyl (C=O) groups is 1. The molecule has 1 atom stereocenters. The zero-order valence-electron chi connectivity index (χ0n) is 15.5. The third-order valence-electron chi connectivity index (χ3n) is 5.30. The highest BCUT2D eigenvalue weighted by molar-refractivity contribution is 5.81. The normalized spacial score (nSPS) is 17.6. The van der Waals surface area contributed by atoms with Crippen LogP contribution in [0.25, 0.3) is 11.0 Å². The lowest BCUT2D eigenvalue weighted by atomic mass is 10.00. The molecular formula is C18H27N5O2. The Morgan fingerprint density at radius 1 is 1.40 bits per heavy atom. The number of aryl methyl sites for hydroxylation is 3. The summed E-state index contributed by atoms with van der Waals surface area (Å²) in [6.07, 6.45) is 3.22. The molecule has 1 aliphatic rings. The maximum atomic E-state index is 12.7. The van der Waals surface area contributed by atoms with Crippen molar-refractivity contribution in [3.8, 4) is 0 Å². The van der Waals surface area contributed by atoms with Gasteiger partial charge in [-0.05, 0) is 51.3 Å². The second kappa shape index (κ2) is 7.00. The van der Waals surface area contributed by atoms with Crippen LogP contribution in [0.15, 0.2) is 4.79 Å². The molecule has 2 aromatic heterocycles. The van der Waals surface area contributed by atoms with E-state index in [2.05, 4.69) is 15.4 Å². The van der Waals surface area contributed by atoms with Gasteiger partial charge in [-0.2, -0.15) is 0 Å². The fraction of sp³-hybridized carbons (Fsp3) is 0.611. The number of pyridine rings is 1. The molecule has 1 fully saturated rings. The molecule has 7 nitrogen and oxygen atoms in total. The molecule has 0 bridgehead atoms. The first-order valence-electron chi connectivity index (χ1n) is 8.93. The van der Waals surface area contributed by atoms with Gasteiger partial charge in [0.25, 0.3) is 5.56 Å². The van der Waals surface area contributed by atoms with Crippen LogP contribution in [0.4, 0.5) is 0 Å². The molecule has 1 unspecified atom stereocenters. The van der Waals surface area contributed by atoms with Crippen molar-refractivity contribution < 1.29 is 4.79 Å². The first-order valence-corrected chi connectivity index (χ1v) is 8.93. The second-order valence-corrected chi connectivity index (χ2v) is 6.94. The van der Waals surface area contributed by atoms with E-state index in [1.165, 1.54) is 0 Å². The highest BCUT2D eigenvalue weighted by Gasteiger charge is 2.28. The van der Waals surface area contributed by atoms with Crippen LogP contribution in [-0.4, -0.2) is 51.8 Å². The van der Waals surface area contributed by atoms with E-state index in [1.807, 2.05) is 25.8 Å². The number of aromatic amines is 1. The third kappa shape index (κ3) is 3.20. The molecule has 25 heavy (non-hydrogen) atoms. The molecule has 0 spiro atoms. The molecule has 136 valence electrons. The van der Waals surface area contributed by atoms with Gasteiger partial charge in [0, 0.05) is 38.3 Å². The minimum absolute atomic E-state index is 0.122. The van der Waals surface area contributed by atoms with Crippen molar-refractivity contribution in [1.82, 2.24) is 25.0 Å². The molecule has 3 rings (SSSR count). The van der Waals surface area contributed by atoms with E-state index >= 15 is 0 Å². The Morgan fingerprint density at radius 3 is 2.88 bits per heavy atom. The number of fused-ring (bicyclic) bond motifs is 1. The summed E-state index contributed by atoms with van der Waals surface area (Å²) in [7, 11) is 3.71. The van der Waals surface area contributed by atoms with Gasteiger partial charge in [0.2, 0.25) is 5.91 Å². The molecule has 1 saturated heterocycles. The van der Waals surface area contributed by atoms with Crippen LogP contribution >= 0.6 is 0 Å². The van der Waals surface area contributed by atoms with Crippen molar-refractivity contribution in [3.05, 3.63) is 27.2 Å². The predicted molar refractivity (Wildman–Crippen MR) is 97.8 cm³/mol. The Morgan fingerprint density at radius 2 is 2.16 bits per heavy atom. The van der Waals surface area contributed by atoms with Crippen molar-refractivity contribution in [2.24, 2.45) is 7.05 Å². The number of carbonyl (C=O) groups excluding carboxylic acids is 1. The summed E-state index contributed by atoms with van der Waals surface area (Å²) in [6.45, 7) is 5.59. The molecule has 1 amide bonds. The quantitative estimate of drug-likeness (QED) is 0.848. The van der Waals surface area contributed by atoms with Crippen molar-refractivity contribution in [2.75, 3.05) is 20.1 Å². The maximum Gasteiger partial charge on any atom is 0.273 e. The number of hydrogen-bond donors (Lipinski definition) is 2. The van der Waals surface area contributed by atoms with Gasteiger partial charge in [-0.1, -0.05) is 0 Å². The Hall–Kier alpha value is -2.15. The summed E-state index contributed by atoms with van der Waals surface area (Å²) < 4.78 is 1.65. The predicted octanol–water partition coefficient (Wildman–Crippen LogP) is 1.02. The standard InChI is InChI=1S/C18H27N5O2/c1-11-14(12(2)20-17-16(11)18(25)21-22(17)4)7-8-15(24)23-9-5-6-13(23)10-19-3/h13,19H,5-10H2,1-4H3,(H,21,25). The molecule has 0 saturated carbocycles. The highest BCUT2D eigenvalue weighted by Crippen LogP contribution is 2.23. The number of aromatic nitrogens is 3. The lowest BCUT2D eigenvalue weighted by molar-refractivity contribution is -0.131. The summed E-state index contributed by atoms with van der Waals surface area (Å²) in [6, 6.07) is 0.303. The average molecular weight is 345 g/mol. The molecule has 3 heterocycles. The number of amides is 1. The first kappa shape index (κ1) is 17.7. The third-order valence-corrected chi connectivity index (χ3v) is 5.30. The Bertz CT molecular complexity index is 851. The smallest absolute Gasteiger partial charge is 0.273 e. The fourth-order valence-corrected chi connectivity index (χ4v) is 4.00. The number of rotatable bonds is 5. The van der Waals surface area contributed by atoms with Gasteiger partial charge in [-0.25, -0.2) is 4.98 Å². The lowest BCUT2D eigenvalue weighted by Gasteiger charge is -2.24. The largest absolute Gasteiger partial charge is 0.338 e. The Balaban J connectivity index is 1.80. The van der Waals surface area contributed by atoms with E-state index in [0.717, 1.165) is 42.8 Å². The van der Waals surface area contributed by atoms with Crippen molar-refractivity contribution in [2.45, 2.75) is 45.6 Å². The molecule has 7 heteroatoms. The zero-order chi connectivity index (χ0) is 18.1. The van der Waals surface area contributed by atoms with Crippen LogP contribution < -0.4 is 10.9 Å². The van der Waals surface area contributed by atoms with Crippen LogP contribution in [-0.2, 0) is 18.3 Å². The summed E-state index contributed by atoms with van der Waals surface area (Å²) in [5, 5.41) is 6.56. The number of H-pyrrole nitrogens is 1. The molecule has 0 radical (unpaired) electrons. The number of likely N-dealkylation sites (N-methyl/N-ethyl adjacent to an activating group) is 1. The molecule has 2 N–H and O–H groups in total. The molecule has 0 aliphatic carbocycles. The van der Waals surface area contributed by atoms with Gasteiger partial charge >= 0.3 is 0 Å². The average Bonchev–Trinajstić information content (AvgIpc) is 3.12. The maximum absolute atomic E-state index is 12.7. The lowest BCUT2D eigenvalue weighted by Crippen LogP contribution is -2.40. The van der Waals surface area contributed by atoms with E-state index in [4.69, 9.17) is 0 Å². The monoisotopic (exact) mass is 345 g/mol. The summed E-state index contributed by atoms with van der Waals surface area (Å²) in [4.78, 5) is 31.4. The van der Waals surface area contributed by atoms with Crippen molar-refractivity contribution >= 4 is 16.9 Å². The van der Waals surface area contributed by atoms with E-state index in [9.17, 15) is 9.59 Å². The van der Waals surface area contributed by atoms with Gasteiger partial charge in [0.1, 0.15) is 0 Å². The minimum Gasteiger partial charge on any atom is -0.338 e. The van der Waals surface area contributed by atoms with Crippen LogP contribution in [0.1, 0.15) is 36.1 Å². The number of likely N-dealkylation sites (tertiary alicyclic amines) is 1. The van der Waals surface area contributed by atoms with E-state index in [-0.39, 0.29) is 11.5 Å². The number of nitrogens with one attached hydrogen (secondary N) is 2. The van der Waals surface area contributed by atoms with E-state index in [0.29, 0.717) is 29.9 Å².